The molecule has 4 heterocycles. The summed E-state index contributed by atoms with van der Waals surface area (Å²) in [5, 5.41) is 35.9. The van der Waals surface area contributed by atoms with E-state index >= 15 is 0 Å². The minimum absolute atomic E-state index is 0. The van der Waals surface area contributed by atoms with Crippen LogP contribution in [0.5, 0.6) is 23.0 Å². The second-order valence-corrected chi connectivity index (χ2v) is 44.6. The van der Waals surface area contributed by atoms with E-state index in [-0.39, 0.29) is 80.7 Å². The summed E-state index contributed by atoms with van der Waals surface area (Å²) < 4.78 is 15.1. The number of fused-ring (bicyclic) bond motifs is 6. The van der Waals surface area contributed by atoms with Crippen molar-refractivity contribution in [2.75, 3.05) is 13.2 Å². The van der Waals surface area contributed by atoms with Gasteiger partial charge in [0, 0.05) is 94.2 Å². The predicted molar refractivity (Wildman–Crippen MR) is 547 cm³/mol. The number of aliphatic hydroxyl groups is 2. The molecule has 0 unspecified atom stereocenters. The van der Waals surface area contributed by atoms with Crippen molar-refractivity contribution in [1.82, 2.24) is 9.13 Å². The Kier molecular flexibility index (Phi) is 27.1. The summed E-state index contributed by atoms with van der Waals surface area (Å²) in [6, 6.07) is 92.5. The zero-order valence-electron chi connectivity index (χ0n) is 79.6. The molecule has 4 aromatic heterocycles. The van der Waals surface area contributed by atoms with E-state index in [2.05, 4.69) is 370 Å². The van der Waals surface area contributed by atoms with Crippen molar-refractivity contribution in [2.24, 2.45) is 0 Å². The minimum Gasteiger partial charge on any atom is -0.582 e. The third-order valence-corrected chi connectivity index (χ3v) is 26.5. The van der Waals surface area contributed by atoms with Gasteiger partial charge >= 0.3 is 0 Å². The molecule has 0 saturated heterocycles. The first kappa shape index (κ1) is 94.1. The molecule has 127 heavy (non-hydrogen) atoms. The molecular weight excluding hydrogens is 1750 g/mol. The van der Waals surface area contributed by atoms with Crippen molar-refractivity contribution in [3.63, 3.8) is 0 Å². The third kappa shape index (κ3) is 20.9. The third-order valence-electron chi connectivity index (χ3n) is 24.6. The Labute approximate surface area is 785 Å². The molecule has 16 rings (SSSR count). The van der Waals surface area contributed by atoms with Crippen LogP contribution in [0.3, 0.4) is 0 Å². The van der Waals surface area contributed by atoms with Crippen molar-refractivity contribution in [2.45, 2.75) is 222 Å². The van der Waals surface area contributed by atoms with Crippen LogP contribution >= 0.6 is 22.7 Å². The van der Waals surface area contributed by atoms with Gasteiger partial charge < -0.3 is 19.7 Å². The van der Waals surface area contributed by atoms with Crippen molar-refractivity contribution in [3.8, 4) is 99.8 Å². The Morgan fingerprint density at radius 2 is 0.480 bits per heavy atom. The molecule has 0 amide bonds. The largest absolute Gasteiger partial charge is 0.582 e. The normalized spacial score (nSPS) is 12.4. The van der Waals surface area contributed by atoms with Gasteiger partial charge in [-0.15, -0.1) is 46.9 Å². The number of rotatable bonds is 15. The Bertz CT molecular complexity index is 5850. The molecule has 0 saturated carbocycles. The van der Waals surface area contributed by atoms with Crippen LogP contribution in [0.4, 0.5) is 0 Å². The summed E-state index contributed by atoms with van der Waals surface area (Å²) >= 11 is 3.13. The number of thiophene rings is 2. The number of unbranched alkanes of at least 4 members (excludes halogenated alkanes) is 1. The quantitative estimate of drug-likeness (QED) is 0.0464. The van der Waals surface area contributed by atoms with Crippen molar-refractivity contribution < 1.29 is 45.5 Å². The predicted octanol–water partition coefficient (Wildman–Crippen LogP) is 33.5. The molecule has 0 radical (unpaired) electrons. The van der Waals surface area contributed by atoms with E-state index in [1.165, 1.54) is 89.0 Å². The maximum atomic E-state index is 12.8. The smallest absolute Gasteiger partial charge is 0.262 e. The Hall–Kier alpha value is -10.5. The van der Waals surface area contributed by atoms with Crippen molar-refractivity contribution in [3.05, 3.63) is 335 Å². The number of aromatic nitrogens is 2. The van der Waals surface area contributed by atoms with Crippen LogP contribution in [-0.4, -0.2) is 42.0 Å². The Morgan fingerprint density at radius 3 is 0.693 bits per heavy atom. The van der Waals surface area contributed by atoms with Gasteiger partial charge in [0.1, 0.15) is 10.0 Å². The maximum Gasteiger partial charge on any atom is 0.262 e. The van der Waals surface area contributed by atoms with Gasteiger partial charge in [-0.2, -0.15) is 49.2 Å². The van der Waals surface area contributed by atoms with Crippen LogP contribution in [0.15, 0.2) is 266 Å². The van der Waals surface area contributed by atoms with Gasteiger partial charge in [0.25, 0.3) is 11.5 Å². The Morgan fingerprint density at radius 1 is 0.260 bits per heavy atom. The van der Waals surface area contributed by atoms with E-state index in [4.69, 9.17) is 9.47 Å². The first-order chi connectivity index (χ1) is 59.2. The van der Waals surface area contributed by atoms with Gasteiger partial charge in [-0.1, -0.05) is 300 Å². The van der Waals surface area contributed by atoms with Crippen LogP contribution in [-0.2, 0) is 69.2 Å². The van der Waals surface area contributed by atoms with Crippen molar-refractivity contribution >= 4 is 66.3 Å². The fourth-order valence-corrected chi connectivity index (χ4v) is 18.5. The van der Waals surface area contributed by atoms with E-state index in [1.807, 2.05) is 84.9 Å². The van der Waals surface area contributed by atoms with E-state index in [0.717, 1.165) is 111 Å². The second-order valence-electron chi connectivity index (χ2n) is 42.9. The first-order valence-corrected chi connectivity index (χ1v) is 46.6. The van der Waals surface area contributed by atoms with E-state index in [1.54, 1.807) is 22.7 Å². The SMILES string of the molecule is CC(C)(C)c1cc(-c2ccc3c(c2)c2cc(-c4cc(C(C)(C)C)cc(C(C)(C)C)c4)ccc2n3-c2scc(-c3ccccc3[OH+]CCCC[OH+]c3ccccc3-c3csc(-n4c5ccc(-c6cc(C(C)(C)C)cc(C(C)(C)C)c6)cc5c5cc(-c6cc(C(C)(C)C)cc(C(C)(C)C)c6)ccc54)c3O)c2O)cc(C(C)(C)C)c1.[CH2-]c1ccccc1.[CH2-]c1ccccc1.[Hf]. The molecule has 0 aliphatic carbocycles. The number of hydrogen-bond acceptors (Lipinski definition) is 4. The zero-order valence-corrected chi connectivity index (χ0v) is 84.9. The van der Waals surface area contributed by atoms with Gasteiger partial charge in [0.15, 0.2) is 24.7 Å². The summed E-state index contributed by atoms with van der Waals surface area (Å²) in [5.41, 5.74) is 29.3. The Balaban J connectivity index is 0.000000839. The summed E-state index contributed by atoms with van der Waals surface area (Å²) in [6.07, 6.45) is 1.62. The van der Waals surface area contributed by atoms with Crippen LogP contribution in [0.1, 0.15) is 235 Å². The number of para-hydroxylation sites is 2. The standard InChI is InChI=1S/C104H116N2O4S2.2C7H7.Hf/c1-97(2,3)71-45-67(46-72(57-71)98(4,5)6)63-35-39-87-81(53-63)82-54-64(68-47-73(99(7,8)9)58-74(48-68)100(10,11)12)36-40-88(82)105(87)95-93(107)85(61-111-95)79-31-25-27-33-91(79)109-43-29-30-44-110-92-34-28-26-32-80(92)86-62-112-96(94(86)108)106-89-41-37-65(69-49-75(101(13,14)15)59-76(50-69)102(16,17)18)55-83(89)84-56-66(38-42-90(84)106)70-51-77(103(19,20)21)60-78(52-70)104(22,23)24;2*1-7-5-3-2-4-6-7;/h25-28,31-42,45-62,107-108H,29-30,43-44H2,1-24H3;2*2-6H,1H2;/q;2*-1;/p+2. The molecule has 0 atom stereocenters. The monoisotopic (exact) mass is 1880 g/mol. The molecule has 12 aromatic carbocycles. The molecule has 6 nitrogen and oxygen atoms in total. The van der Waals surface area contributed by atoms with E-state index in [9.17, 15) is 10.2 Å². The summed E-state index contributed by atoms with van der Waals surface area (Å²) in [7, 11) is 0. The fourth-order valence-electron chi connectivity index (χ4n) is 16.5. The van der Waals surface area contributed by atoms with E-state index < -0.39 is 0 Å². The van der Waals surface area contributed by atoms with Gasteiger partial charge in [-0.3, -0.25) is 9.13 Å². The summed E-state index contributed by atoms with van der Waals surface area (Å²) in [4.78, 5) is 0. The summed E-state index contributed by atoms with van der Waals surface area (Å²) in [6.45, 7) is 63.9. The second kappa shape index (κ2) is 36.5. The molecule has 0 bridgehead atoms. The van der Waals surface area contributed by atoms with Gasteiger partial charge in [-0.25, -0.2) is 0 Å². The van der Waals surface area contributed by atoms with Gasteiger partial charge in [0.05, 0.1) is 33.2 Å². The van der Waals surface area contributed by atoms with E-state index in [0.29, 0.717) is 13.2 Å². The molecule has 0 fully saturated rings. The average Bonchev–Trinajstić information content (AvgIpc) is 1.58. The maximum absolute atomic E-state index is 12.8. The fraction of sp³-hybridized carbons (Fsp3) is 0.305. The number of benzene rings is 12. The first-order valence-electron chi connectivity index (χ1n) is 44.9. The topological polar surface area (TPSA) is 75.9 Å². The average molecular weight is 1880 g/mol. The molecule has 9 heteroatoms. The molecular formula is C118H132HfN2O4S2. The minimum atomic E-state index is -0.0374. The molecule has 4 N–H and O–H groups in total. The van der Waals surface area contributed by atoms with Crippen LogP contribution in [0.25, 0.3) is 120 Å². The number of ether oxygens (including phenoxy) is 2. The number of aromatic hydroxyl groups is 4. The molecule has 16 aromatic rings. The van der Waals surface area contributed by atoms with Crippen molar-refractivity contribution in [1.29, 1.82) is 0 Å². The summed E-state index contributed by atoms with van der Waals surface area (Å²) in [5.74, 6) is 2.16. The molecule has 0 aliphatic rings. The number of hydrogen-bond donors (Lipinski definition) is 2. The molecule has 654 valence electrons. The molecule has 0 aliphatic heterocycles. The van der Waals surface area contributed by atoms with Crippen LogP contribution in [0, 0.1) is 13.8 Å². The van der Waals surface area contributed by atoms with Crippen LogP contribution in [0.2, 0.25) is 0 Å². The van der Waals surface area contributed by atoms with Crippen LogP contribution < -0.4 is 0 Å². The van der Waals surface area contributed by atoms with Gasteiger partial charge in [-0.05, 0) is 193 Å². The van der Waals surface area contributed by atoms with Gasteiger partial charge in [0.2, 0.25) is 0 Å². The molecule has 0 spiro atoms. The zero-order chi connectivity index (χ0) is 90.7. The number of nitrogens with zero attached hydrogens (tertiary/aromatic N) is 2.